The first-order valence-electron chi connectivity index (χ1n) is 9.75. The minimum Gasteiger partial charge on any atom is -0.484 e. The Kier molecular flexibility index (Phi) is 6.57. The molecule has 156 valence electrons. The summed E-state index contributed by atoms with van der Waals surface area (Å²) >= 11 is 0. The highest BCUT2D eigenvalue weighted by atomic mass is 32.2. The van der Waals surface area contributed by atoms with Gasteiger partial charge in [0.25, 0.3) is 15.9 Å². The van der Waals surface area contributed by atoms with Crippen LogP contribution in [-0.4, -0.2) is 20.9 Å². The summed E-state index contributed by atoms with van der Waals surface area (Å²) in [7, 11) is -4.09. The van der Waals surface area contributed by atoms with E-state index in [-0.39, 0.29) is 10.6 Å². The van der Waals surface area contributed by atoms with Gasteiger partial charge in [0.05, 0.1) is 10.6 Å². The van der Waals surface area contributed by atoms with Crippen molar-refractivity contribution in [2.45, 2.75) is 32.1 Å². The average Bonchev–Trinajstić information content (AvgIpc) is 2.75. The van der Waals surface area contributed by atoms with E-state index in [2.05, 4.69) is 0 Å². The Morgan fingerprint density at radius 2 is 1.57 bits per heavy atom. The lowest BCUT2D eigenvalue weighted by atomic mass is 10.1. The van der Waals surface area contributed by atoms with Crippen molar-refractivity contribution >= 4 is 21.6 Å². The maximum Gasteiger partial charge on any atom is 0.278 e. The number of carbonyl (C=O) groups is 1. The molecule has 0 fully saturated rings. The van der Waals surface area contributed by atoms with Gasteiger partial charge in [-0.05, 0) is 73.4 Å². The average molecular weight is 424 g/mol. The molecule has 0 spiro atoms. The molecule has 0 saturated heterocycles. The van der Waals surface area contributed by atoms with E-state index in [1.165, 1.54) is 12.1 Å². The Labute approximate surface area is 178 Å². The maximum atomic E-state index is 13.3. The quantitative estimate of drug-likeness (QED) is 0.554. The number of benzene rings is 3. The van der Waals surface area contributed by atoms with Gasteiger partial charge in [-0.3, -0.25) is 4.79 Å². The molecule has 0 radical (unpaired) electrons. The zero-order chi connectivity index (χ0) is 21.7. The molecule has 3 aromatic carbocycles. The van der Waals surface area contributed by atoms with E-state index in [0.29, 0.717) is 5.75 Å². The molecule has 5 nitrogen and oxygen atoms in total. The summed E-state index contributed by atoms with van der Waals surface area (Å²) in [5.41, 5.74) is 3.47. The van der Waals surface area contributed by atoms with Crippen molar-refractivity contribution in [2.24, 2.45) is 0 Å². The molecule has 30 heavy (non-hydrogen) atoms. The van der Waals surface area contributed by atoms with Crippen LogP contribution in [0.1, 0.15) is 23.6 Å². The topological polar surface area (TPSA) is 63.7 Å². The fraction of sp³-hybridized carbons (Fsp3) is 0.208. The maximum absolute atomic E-state index is 13.3. The Morgan fingerprint density at radius 1 is 0.900 bits per heavy atom. The Hall–Kier alpha value is -3.12. The first-order valence-corrected chi connectivity index (χ1v) is 11.2. The highest BCUT2D eigenvalue weighted by Crippen LogP contribution is 2.25. The number of amides is 1. The van der Waals surface area contributed by atoms with Crippen molar-refractivity contribution in [2.75, 3.05) is 10.9 Å². The van der Waals surface area contributed by atoms with E-state index in [1.807, 2.05) is 45.0 Å². The first kappa shape index (κ1) is 21.6. The number of sulfonamides is 1. The zero-order valence-corrected chi connectivity index (χ0v) is 18.1. The number of rotatable bonds is 7. The van der Waals surface area contributed by atoms with Crippen LogP contribution in [0.2, 0.25) is 0 Å². The Morgan fingerprint density at radius 3 is 2.17 bits per heavy atom. The molecule has 1 amide bonds. The van der Waals surface area contributed by atoms with Crippen molar-refractivity contribution in [1.29, 1.82) is 0 Å². The van der Waals surface area contributed by atoms with Gasteiger partial charge < -0.3 is 4.74 Å². The van der Waals surface area contributed by atoms with Gasteiger partial charge in [-0.15, -0.1) is 0 Å². The van der Waals surface area contributed by atoms with Crippen molar-refractivity contribution in [1.82, 2.24) is 0 Å². The molecule has 3 aromatic rings. The van der Waals surface area contributed by atoms with Crippen molar-refractivity contribution in [3.05, 3.63) is 89.5 Å². The normalized spacial score (nSPS) is 11.2. The van der Waals surface area contributed by atoms with E-state index in [1.54, 1.807) is 36.4 Å². The second-order valence-corrected chi connectivity index (χ2v) is 8.82. The molecule has 0 aliphatic heterocycles. The molecule has 3 rings (SSSR count). The van der Waals surface area contributed by atoms with Gasteiger partial charge in [0.15, 0.2) is 6.61 Å². The zero-order valence-electron chi connectivity index (χ0n) is 17.3. The van der Waals surface area contributed by atoms with Gasteiger partial charge in [-0.2, -0.15) is 4.31 Å². The summed E-state index contributed by atoms with van der Waals surface area (Å²) in [6.07, 6.45) is 0.815. The number of anilines is 1. The van der Waals surface area contributed by atoms with E-state index in [0.717, 1.165) is 27.4 Å². The summed E-state index contributed by atoms with van der Waals surface area (Å²) in [5.74, 6) is -0.147. The highest BCUT2D eigenvalue weighted by molar-refractivity contribution is 7.93. The van der Waals surface area contributed by atoms with Crippen LogP contribution < -0.4 is 9.04 Å². The van der Waals surface area contributed by atoms with Gasteiger partial charge in [0, 0.05) is 0 Å². The largest absolute Gasteiger partial charge is 0.484 e. The summed E-state index contributed by atoms with van der Waals surface area (Å²) in [6, 6.07) is 20.3. The SMILES string of the molecule is CCc1ccc(N(C(=O)COc2ccc(C)c(C)c2)S(=O)(=O)c2ccccc2)cc1. The fourth-order valence-corrected chi connectivity index (χ4v) is 4.42. The third-order valence-corrected chi connectivity index (χ3v) is 6.69. The lowest BCUT2D eigenvalue weighted by Gasteiger charge is -2.23. The first-order chi connectivity index (χ1) is 14.3. The number of carbonyl (C=O) groups excluding carboxylic acids is 1. The second kappa shape index (κ2) is 9.13. The summed E-state index contributed by atoms with van der Waals surface area (Å²) in [5, 5.41) is 0. The molecule has 0 unspecified atom stereocenters. The lowest BCUT2D eigenvalue weighted by molar-refractivity contribution is -0.119. The summed E-state index contributed by atoms with van der Waals surface area (Å²) in [6.45, 7) is 5.55. The summed E-state index contributed by atoms with van der Waals surface area (Å²) < 4.78 is 33.0. The molecule has 0 atom stereocenters. The predicted octanol–water partition coefficient (Wildman–Crippen LogP) is 4.67. The van der Waals surface area contributed by atoms with Crippen LogP contribution in [0.15, 0.2) is 77.7 Å². The summed E-state index contributed by atoms with van der Waals surface area (Å²) in [4.78, 5) is 13.1. The van der Waals surface area contributed by atoms with Gasteiger partial charge in [-0.1, -0.05) is 43.3 Å². The van der Waals surface area contributed by atoms with Crippen LogP contribution in [0.5, 0.6) is 5.75 Å². The van der Waals surface area contributed by atoms with E-state index < -0.39 is 22.5 Å². The Bertz CT molecular complexity index is 1120. The predicted molar refractivity (Wildman–Crippen MR) is 118 cm³/mol. The van der Waals surface area contributed by atoms with Gasteiger partial charge in [0.2, 0.25) is 0 Å². The molecular weight excluding hydrogens is 398 g/mol. The molecule has 0 aliphatic rings. The minimum absolute atomic E-state index is 0.0455. The van der Waals surface area contributed by atoms with Crippen LogP contribution in [0.25, 0.3) is 0 Å². The van der Waals surface area contributed by atoms with Crippen LogP contribution >= 0.6 is 0 Å². The van der Waals surface area contributed by atoms with Crippen molar-refractivity contribution in [3.63, 3.8) is 0 Å². The molecule has 0 bridgehead atoms. The van der Waals surface area contributed by atoms with E-state index >= 15 is 0 Å². The van der Waals surface area contributed by atoms with Crippen LogP contribution in [-0.2, 0) is 21.2 Å². The molecule has 0 heterocycles. The second-order valence-electron chi connectivity index (χ2n) is 7.03. The van der Waals surface area contributed by atoms with E-state index in [9.17, 15) is 13.2 Å². The van der Waals surface area contributed by atoms with Gasteiger partial charge in [-0.25, -0.2) is 8.42 Å². The van der Waals surface area contributed by atoms with Crippen LogP contribution in [0, 0.1) is 13.8 Å². The number of hydrogen-bond donors (Lipinski definition) is 0. The molecule has 0 aromatic heterocycles. The van der Waals surface area contributed by atoms with Crippen LogP contribution in [0.3, 0.4) is 0 Å². The molecule has 6 heteroatoms. The lowest BCUT2D eigenvalue weighted by Crippen LogP contribution is -2.40. The van der Waals surface area contributed by atoms with Crippen molar-refractivity contribution in [3.8, 4) is 5.75 Å². The van der Waals surface area contributed by atoms with Crippen molar-refractivity contribution < 1.29 is 17.9 Å². The number of ether oxygens (including phenoxy) is 1. The Balaban J connectivity index is 1.93. The number of nitrogens with zero attached hydrogens (tertiary/aromatic N) is 1. The van der Waals surface area contributed by atoms with E-state index in [4.69, 9.17) is 4.74 Å². The molecule has 0 aliphatic carbocycles. The number of aryl methyl sites for hydroxylation is 3. The fourth-order valence-electron chi connectivity index (χ4n) is 2.99. The van der Waals surface area contributed by atoms with Gasteiger partial charge in [0.1, 0.15) is 5.75 Å². The smallest absolute Gasteiger partial charge is 0.278 e. The third-order valence-electron chi connectivity index (χ3n) is 4.93. The highest BCUT2D eigenvalue weighted by Gasteiger charge is 2.31. The molecular formula is C24H25NO4S. The monoisotopic (exact) mass is 423 g/mol. The third kappa shape index (κ3) is 4.71. The standard InChI is InChI=1S/C24H25NO4S/c1-4-20-11-13-21(14-12-20)25(30(27,28)23-8-6-5-7-9-23)24(26)17-29-22-15-10-18(2)19(3)16-22/h5-16H,4,17H2,1-3H3. The van der Waals surface area contributed by atoms with Gasteiger partial charge >= 0.3 is 0 Å². The minimum atomic E-state index is -4.09. The molecule has 0 saturated carbocycles. The number of hydrogen-bond acceptors (Lipinski definition) is 4. The molecule has 0 N–H and O–H groups in total. The van der Waals surface area contributed by atoms with Crippen LogP contribution in [0.4, 0.5) is 5.69 Å².